The van der Waals surface area contributed by atoms with Crippen LogP contribution in [-0.4, -0.2) is 38.7 Å². The minimum absolute atomic E-state index is 0.250. The first-order valence-electron chi connectivity index (χ1n) is 7.22. The molecular weight excluding hydrogens is 344 g/mol. The highest BCUT2D eigenvalue weighted by Gasteiger charge is 2.10. The predicted molar refractivity (Wildman–Crippen MR) is 96.8 cm³/mol. The first-order valence-corrected chi connectivity index (χ1v) is 7.60. The molecule has 1 aromatic heterocycles. The molecule has 0 aliphatic rings. The number of rotatable bonds is 4. The Morgan fingerprint density at radius 2 is 1.80 bits per heavy atom. The number of anilines is 1. The molecule has 1 heterocycles. The van der Waals surface area contributed by atoms with Gasteiger partial charge in [-0.2, -0.15) is 0 Å². The molecule has 3 aromatic rings. The van der Waals surface area contributed by atoms with Crippen molar-refractivity contribution < 1.29 is 19.9 Å². The molecule has 9 heteroatoms. The molecule has 0 unspecified atom stereocenters. The van der Waals surface area contributed by atoms with E-state index in [4.69, 9.17) is 31.6 Å². The number of nitrogens with one attached hydrogen (secondary N) is 1. The van der Waals surface area contributed by atoms with E-state index in [1.807, 2.05) is 18.2 Å². The van der Waals surface area contributed by atoms with E-state index >= 15 is 0 Å². The Balaban J connectivity index is 0.000000701. The van der Waals surface area contributed by atoms with E-state index in [0.717, 1.165) is 22.3 Å². The average molecular weight is 360 g/mol. The fourth-order valence-electron chi connectivity index (χ4n) is 2.16. The summed E-state index contributed by atoms with van der Waals surface area (Å²) in [5.41, 5.74) is 2.25. The van der Waals surface area contributed by atoms with Crippen molar-refractivity contribution in [1.82, 2.24) is 9.97 Å². The lowest BCUT2D eigenvalue weighted by Crippen LogP contribution is -2.29. The molecule has 0 bridgehead atoms. The zero-order valence-corrected chi connectivity index (χ0v) is 13.8. The van der Waals surface area contributed by atoms with Crippen LogP contribution in [0.3, 0.4) is 0 Å². The molecule has 0 fully saturated rings. The number of nitrogens with zero attached hydrogens (tertiary/aromatic N) is 2. The SMILES string of the molecule is O=CO.OB(O)c1ccc(CNc2ncnc3cc(Cl)ccc23)cc1. The van der Waals surface area contributed by atoms with Gasteiger partial charge in [0.15, 0.2) is 0 Å². The zero-order chi connectivity index (χ0) is 18.2. The van der Waals surface area contributed by atoms with Crippen LogP contribution in [0.25, 0.3) is 10.9 Å². The van der Waals surface area contributed by atoms with Gasteiger partial charge < -0.3 is 20.5 Å². The van der Waals surface area contributed by atoms with Crippen LogP contribution in [0, 0.1) is 0 Å². The van der Waals surface area contributed by atoms with E-state index in [1.54, 1.807) is 24.3 Å². The maximum absolute atomic E-state index is 9.08. The van der Waals surface area contributed by atoms with Crippen LogP contribution in [0.2, 0.25) is 5.02 Å². The molecule has 25 heavy (non-hydrogen) atoms. The number of aromatic nitrogens is 2. The number of fused-ring (bicyclic) bond motifs is 1. The van der Waals surface area contributed by atoms with Gasteiger partial charge in [-0.15, -0.1) is 0 Å². The van der Waals surface area contributed by atoms with Crippen LogP contribution < -0.4 is 10.8 Å². The van der Waals surface area contributed by atoms with Gasteiger partial charge in [-0.1, -0.05) is 35.9 Å². The molecule has 0 atom stereocenters. The van der Waals surface area contributed by atoms with E-state index in [-0.39, 0.29) is 6.47 Å². The van der Waals surface area contributed by atoms with Crippen molar-refractivity contribution in [3.8, 4) is 0 Å². The monoisotopic (exact) mass is 359 g/mol. The summed E-state index contributed by atoms with van der Waals surface area (Å²) in [6.07, 6.45) is 1.49. The Labute approximate surface area is 149 Å². The standard InChI is InChI=1S/C15H13BClN3O2.CH2O2/c17-12-5-6-13-14(7-12)19-9-20-15(13)18-8-10-1-3-11(4-2-10)16(21)22;2-1-3/h1-7,9,21-22H,8H2,(H,18,19,20);1H,(H,2,3). The Hall–Kier alpha value is -2.68. The van der Waals surface area contributed by atoms with Gasteiger partial charge in [0.2, 0.25) is 0 Å². The normalized spacial score (nSPS) is 9.88. The first-order chi connectivity index (χ1) is 12.0. The van der Waals surface area contributed by atoms with Crippen molar-refractivity contribution in [2.75, 3.05) is 5.32 Å². The van der Waals surface area contributed by atoms with E-state index in [2.05, 4.69) is 15.3 Å². The van der Waals surface area contributed by atoms with Crippen LogP contribution in [0.4, 0.5) is 5.82 Å². The number of benzene rings is 2. The van der Waals surface area contributed by atoms with E-state index in [0.29, 0.717) is 17.0 Å². The minimum atomic E-state index is -1.45. The smallest absolute Gasteiger partial charge is 0.483 e. The van der Waals surface area contributed by atoms with Gasteiger partial charge in [0.25, 0.3) is 6.47 Å². The lowest BCUT2D eigenvalue weighted by atomic mass is 9.80. The molecular formula is C16H15BClN3O4. The predicted octanol–water partition coefficient (Wildman–Crippen LogP) is 1.28. The lowest BCUT2D eigenvalue weighted by molar-refractivity contribution is -0.122. The van der Waals surface area contributed by atoms with Crippen LogP contribution in [0.15, 0.2) is 48.8 Å². The molecule has 0 radical (unpaired) electrons. The number of hydrogen-bond donors (Lipinski definition) is 4. The minimum Gasteiger partial charge on any atom is -0.483 e. The number of carboxylic acid groups (broad SMARTS) is 1. The van der Waals surface area contributed by atoms with E-state index in [9.17, 15) is 0 Å². The van der Waals surface area contributed by atoms with Crippen molar-refractivity contribution >= 4 is 47.4 Å². The number of hydrogen-bond acceptors (Lipinski definition) is 6. The summed E-state index contributed by atoms with van der Waals surface area (Å²) in [6, 6.07) is 12.5. The Kier molecular flexibility index (Phi) is 6.70. The highest BCUT2D eigenvalue weighted by atomic mass is 35.5. The summed E-state index contributed by atoms with van der Waals surface area (Å²) in [5, 5.41) is 29.8. The summed E-state index contributed by atoms with van der Waals surface area (Å²) in [7, 11) is -1.45. The second-order valence-electron chi connectivity index (χ2n) is 4.96. The molecule has 3 rings (SSSR count). The third-order valence-electron chi connectivity index (χ3n) is 3.34. The van der Waals surface area contributed by atoms with E-state index < -0.39 is 7.12 Å². The summed E-state index contributed by atoms with van der Waals surface area (Å²) in [6.45, 7) is 0.316. The molecule has 0 amide bonds. The summed E-state index contributed by atoms with van der Waals surface area (Å²) >= 11 is 5.96. The summed E-state index contributed by atoms with van der Waals surface area (Å²) in [4.78, 5) is 16.8. The number of carbonyl (C=O) groups is 1. The molecule has 4 N–H and O–H groups in total. The van der Waals surface area contributed by atoms with Gasteiger partial charge in [0.05, 0.1) is 5.52 Å². The van der Waals surface area contributed by atoms with Crippen molar-refractivity contribution in [1.29, 1.82) is 0 Å². The third kappa shape index (κ3) is 5.15. The Bertz CT molecular complexity index is 846. The fraction of sp³-hybridized carbons (Fsp3) is 0.0625. The Morgan fingerprint density at radius 1 is 1.12 bits per heavy atom. The topological polar surface area (TPSA) is 116 Å². The molecule has 2 aromatic carbocycles. The molecule has 128 valence electrons. The quantitative estimate of drug-likeness (QED) is 0.409. The maximum Gasteiger partial charge on any atom is 0.488 e. The zero-order valence-electron chi connectivity index (χ0n) is 13.0. The molecule has 7 nitrogen and oxygen atoms in total. The van der Waals surface area contributed by atoms with Crippen LogP contribution in [-0.2, 0) is 11.3 Å². The highest BCUT2D eigenvalue weighted by molar-refractivity contribution is 6.58. The maximum atomic E-state index is 9.08. The molecule has 0 saturated heterocycles. The van der Waals surface area contributed by atoms with Crippen LogP contribution >= 0.6 is 11.6 Å². The third-order valence-corrected chi connectivity index (χ3v) is 3.57. The van der Waals surface area contributed by atoms with Crippen molar-refractivity contribution in [3.05, 3.63) is 59.4 Å². The second kappa shape index (κ2) is 8.98. The fourth-order valence-corrected chi connectivity index (χ4v) is 2.33. The molecule has 0 saturated carbocycles. The molecule has 0 aliphatic heterocycles. The van der Waals surface area contributed by atoms with Gasteiger partial charge in [-0.05, 0) is 29.2 Å². The van der Waals surface area contributed by atoms with Gasteiger partial charge in [-0.3, -0.25) is 4.79 Å². The highest BCUT2D eigenvalue weighted by Crippen LogP contribution is 2.22. The van der Waals surface area contributed by atoms with Gasteiger partial charge in [-0.25, -0.2) is 9.97 Å². The second-order valence-corrected chi connectivity index (χ2v) is 5.39. The van der Waals surface area contributed by atoms with E-state index in [1.165, 1.54) is 6.33 Å². The molecule has 0 spiro atoms. The van der Waals surface area contributed by atoms with Gasteiger partial charge >= 0.3 is 7.12 Å². The average Bonchev–Trinajstić information content (AvgIpc) is 2.60. The van der Waals surface area contributed by atoms with Gasteiger partial charge in [0, 0.05) is 17.0 Å². The summed E-state index contributed by atoms with van der Waals surface area (Å²) < 4.78 is 0. The van der Waals surface area contributed by atoms with Crippen molar-refractivity contribution in [3.63, 3.8) is 0 Å². The molecule has 0 aliphatic carbocycles. The largest absolute Gasteiger partial charge is 0.488 e. The lowest BCUT2D eigenvalue weighted by Gasteiger charge is -2.09. The van der Waals surface area contributed by atoms with Gasteiger partial charge in [0.1, 0.15) is 12.1 Å². The van der Waals surface area contributed by atoms with Crippen molar-refractivity contribution in [2.24, 2.45) is 0 Å². The Morgan fingerprint density at radius 3 is 2.44 bits per heavy atom. The number of halogens is 1. The first kappa shape index (κ1) is 18.7. The summed E-state index contributed by atoms with van der Waals surface area (Å²) in [5.74, 6) is 0.730. The van der Waals surface area contributed by atoms with Crippen LogP contribution in [0.1, 0.15) is 5.56 Å². The van der Waals surface area contributed by atoms with Crippen LogP contribution in [0.5, 0.6) is 0 Å². The van der Waals surface area contributed by atoms with Crippen molar-refractivity contribution in [2.45, 2.75) is 6.54 Å².